The summed E-state index contributed by atoms with van der Waals surface area (Å²) in [6.45, 7) is -0.259. The van der Waals surface area contributed by atoms with E-state index in [0.29, 0.717) is 0 Å². The summed E-state index contributed by atoms with van der Waals surface area (Å²) in [6.07, 6.45) is 0.447. The molecule has 0 aliphatic heterocycles. The number of aliphatic carboxylic acids is 1. The fraction of sp³-hybridized carbons (Fsp3) is 0.750. The van der Waals surface area contributed by atoms with E-state index in [1.54, 1.807) is 7.05 Å². The molecule has 1 fully saturated rings. The van der Waals surface area contributed by atoms with Crippen LogP contribution in [0, 0.1) is 0 Å². The quantitative estimate of drug-likeness (QED) is 0.558. The number of hydrogen-bond donors (Lipinski definition) is 3. The molecule has 0 saturated heterocycles. The number of carbonyl (C=O) groups is 2. The van der Waals surface area contributed by atoms with Crippen LogP contribution in [-0.4, -0.2) is 52.9 Å². The van der Waals surface area contributed by atoms with Gasteiger partial charge in [-0.3, -0.25) is 0 Å². The van der Waals surface area contributed by atoms with E-state index in [4.69, 9.17) is 10.2 Å². The van der Waals surface area contributed by atoms with E-state index in [1.165, 1.54) is 4.90 Å². The van der Waals surface area contributed by atoms with Crippen LogP contribution in [0.4, 0.5) is 4.79 Å². The lowest BCUT2D eigenvalue weighted by molar-refractivity contribution is -0.146. The number of nitrogens with one attached hydrogen (secondary N) is 1. The number of nitrogens with zero attached hydrogens (tertiary/aromatic N) is 1. The molecule has 80 valence electrons. The number of aliphatic hydroxyl groups is 1. The molecular formula is C8H14N2O4. The number of carbonyl (C=O) groups excluding carboxylic acids is 1. The van der Waals surface area contributed by atoms with E-state index in [2.05, 4.69) is 5.32 Å². The van der Waals surface area contributed by atoms with Gasteiger partial charge in [0.25, 0.3) is 0 Å². The highest BCUT2D eigenvalue weighted by Crippen LogP contribution is 2.24. The van der Waals surface area contributed by atoms with Crippen molar-refractivity contribution in [3.05, 3.63) is 0 Å². The van der Waals surface area contributed by atoms with Gasteiger partial charge < -0.3 is 20.4 Å². The van der Waals surface area contributed by atoms with Gasteiger partial charge in [0, 0.05) is 13.1 Å². The van der Waals surface area contributed by atoms with Gasteiger partial charge in [-0.25, -0.2) is 9.59 Å². The van der Waals surface area contributed by atoms with Gasteiger partial charge in [0.1, 0.15) is 0 Å². The third kappa shape index (κ3) is 2.88. The molecule has 0 heterocycles. The fourth-order valence-corrected chi connectivity index (χ4v) is 1.02. The maximum absolute atomic E-state index is 11.3. The monoisotopic (exact) mass is 202 g/mol. The van der Waals surface area contributed by atoms with Crippen LogP contribution in [0.3, 0.4) is 0 Å². The highest BCUT2D eigenvalue weighted by molar-refractivity contribution is 5.77. The lowest BCUT2D eigenvalue weighted by Crippen LogP contribution is -2.43. The van der Waals surface area contributed by atoms with Gasteiger partial charge in [-0.1, -0.05) is 0 Å². The molecule has 2 amide bonds. The van der Waals surface area contributed by atoms with Crippen LogP contribution in [0.25, 0.3) is 0 Å². The molecule has 1 aliphatic rings. The third-order valence-electron chi connectivity index (χ3n) is 2.15. The second-order valence-electron chi connectivity index (χ2n) is 3.38. The van der Waals surface area contributed by atoms with E-state index < -0.39 is 12.1 Å². The van der Waals surface area contributed by atoms with Gasteiger partial charge >= 0.3 is 12.0 Å². The predicted molar refractivity (Wildman–Crippen MR) is 47.8 cm³/mol. The van der Waals surface area contributed by atoms with E-state index in [9.17, 15) is 9.59 Å². The molecule has 0 aromatic carbocycles. The summed E-state index contributed by atoms with van der Waals surface area (Å²) >= 11 is 0. The van der Waals surface area contributed by atoms with Gasteiger partial charge in [0.15, 0.2) is 6.10 Å². The minimum absolute atomic E-state index is 0.259. The molecule has 6 heteroatoms. The summed E-state index contributed by atoms with van der Waals surface area (Å²) in [5.74, 6) is -1.33. The molecule has 14 heavy (non-hydrogen) atoms. The zero-order valence-electron chi connectivity index (χ0n) is 7.93. The first-order valence-electron chi connectivity index (χ1n) is 4.44. The summed E-state index contributed by atoms with van der Waals surface area (Å²) in [7, 11) is 1.65. The SMILES string of the molecule is CN(C(=O)NCC(O)C(=O)O)C1CC1. The van der Waals surface area contributed by atoms with Crippen LogP contribution in [0.1, 0.15) is 12.8 Å². The molecular weight excluding hydrogens is 188 g/mol. The second kappa shape index (κ2) is 4.28. The maximum atomic E-state index is 11.3. The molecule has 1 rings (SSSR count). The number of carboxylic acids is 1. The summed E-state index contributed by atoms with van der Waals surface area (Å²) < 4.78 is 0. The highest BCUT2D eigenvalue weighted by atomic mass is 16.4. The van der Waals surface area contributed by atoms with Crippen molar-refractivity contribution in [2.24, 2.45) is 0 Å². The Hall–Kier alpha value is -1.30. The average Bonchev–Trinajstić information content (AvgIpc) is 2.95. The van der Waals surface area contributed by atoms with Crippen LogP contribution in [-0.2, 0) is 4.79 Å². The van der Waals surface area contributed by atoms with Gasteiger partial charge in [-0.15, -0.1) is 0 Å². The molecule has 0 spiro atoms. The molecule has 1 atom stereocenters. The molecule has 6 nitrogen and oxygen atoms in total. The Bertz CT molecular complexity index is 239. The Kier molecular flexibility index (Phi) is 3.29. The smallest absolute Gasteiger partial charge is 0.334 e. The summed E-state index contributed by atoms with van der Waals surface area (Å²) in [5, 5.41) is 19.6. The van der Waals surface area contributed by atoms with Crippen molar-refractivity contribution in [2.45, 2.75) is 25.0 Å². The summed E-state index contributed by atoms with van der Waals surface area (Å²) in [4.78, 5) is 23.0. The van der Waals surface area contributed by atoms with E-state index in [-0.39, 0.29) is 18.6 Å². The third-order valence-corrected chi connectivity index (χ3v) is 2.15. The fourth-order valence-electron chi connectivity index (χ4n) is 1.02. The first-order valence-corrected chi connectivity index (χ1v) is 4.44. The lowest BCUT2D eigenvalue weighted by atomic mass is 10.3. The summed E-state index contributed by atoms with van der Waals surface area (Å²) in [5.41, 5.74) is 0. The largest absolute Gasteiger partial charge is 0.479 e. The molecule has 0 bridgehead atoms. The van der Waals surface area contributed by atoms with Crippen molar-refractivity contribution in [3.63, 3.8) is 0 Å². The Morgan fingerprint density at radius 1 is 1.57 bits per heavy atom. The first-order chi connectivity index (χ1) is 6.52. The Morgan fingerprint density at radius 3 is 2.57 bits per heavy atom. The first kappa shape index (κ1) is 10.8. The zero-order chi connectivity index (χ0) is 10.7. The highest BCUT2D eigenvalue weighted by Gasteiger charge is 2.29. The van der Waals surface area contributed by atoms with Crippen LogP contribution in [0.15, 0.2) is 0 Å². The minimum atomic E-state index is -1.54. The van der Waals surface area contributed by atoms with Crippen molar-refractivity contribution in [3.8, 4) is 0 Å². The van der Waals surface area contributed by atoms with E-state index in [1.807, 2.05) is 0 Å². The number of rotatable bonds is 4. The zero-order valence-corrected chi connectivity index (χ0v) is 7.93. The minimum Gasteiger partial charge on any atom is -0.479 e. The second-order valence-corrected chi connectivity index (χ2v) is 3.38. The van der Waals surface area contributed by atoms with Crippen molar-refractivity contribution >= 4 is 12.0 Å². The molecule has 1 aliphatic carbocycles. The predicted octanol–water partition coefficient (Wildman–Crippen LogP) is -0.764. The van der Waals surface area contributed by atoms with E-state index in [0.717, 1.165) is 12.8 Å². The Balaban J connectivity index is 2.23. The molecule has 1 unspecified atom stereocenters. The number of carboxylic acid groups (broad SMARTS) is 1. The summed E-state index contributed by atoms with van der Waals surface area (Å²) in [6, 6.07) is -0.0650. The van der Waals surface area contributed by atoms with Crippen molar-refractivity contribution in [2.75, 3.05) is 13.6 Å². The van der Waals surface area contributed by atoms with Crippen LogP contribution in [0.5, 0.6) is 0 Å². The molecule has 0 radical (unpaired) electrons. The maximum Gasteiger partial charge on any atom is 0.334 e. The average molecular weight is 202 g/mol. The van der Waals surface area contributed by atoms with Gasteiger partial charge in [0.2, 0.25) is 0 Å². The van der Waals surface area contributed by atoms with Gasteiger partial charge in [-0.2, -0.15) is 0 Å². The Labute approximate surface area is 81.5 Å². The molecule has 1 saturated carbocycles. The van der Waals surface area contributed by atoms with Crippen LogP contribution >= 0.6 is 0 Å². The number of aliphatic hydroxyl groups excluding tert-OH is 1. The van der Waals surface area contributed by atoms with Gasteiger partial charge in [0.05, 0.1) is 6.54 Å². The molecule has 0 aromatic rings. The van der Waals surface area contributed by atoms with Gasteiger partial charge in [-0.05, 0) is 12.8 Å². The topological polar surface area (TPSA) is 89.9 Å². The number of hydrogen-bond acceptors (Lipinski definition) is 3. The van der Waals surface area contributed by atoms with Crippen LogP contribution in [0.2, 0.25) is 0 Å². The number of urea groups is 1. The lowest BCUT2D eigenvalue weighted by Gasteiger charge is -2.17. The van der Waals surface area contributed by atoms with Crippen molar-refractivity contribution < 1.29 is 19.8 Å². The van der Waals surface area contributed by atoms with E-state index >= 15 is 0 Å². The normalized spacial score (nSPS) is 17.3. The van der Waals surface area contributed by atoms with Crippen molar-refractivity contribution in [1.82, 2.24) is 10.2 Å². The number of amides is 2. The Morgan fingerprint density at radius 2 is 2.14 bits per heavy atom. The standard InChI is InChI=1S/C8H14N2O4/c1-10(5-2-3-5)8(14)9-4-6(11)7(12)13/h5-6,11H,2-4H2,1H3,(H,9,14)(H,12,13). The van der Waals surface area contributed by atoms with Crippen molar-refractivity contribution in [1.29, 1.82) is 0 Å². The van der Waals surface area contributed by atoms with Crippen LogP contribution < -0.4 is 5.32 Å². The molecule has 3 N–H and O–H groups in total. The molecule has 0 aromatic heterocycles.